The number of nitrogens with zero attached hydrogens (tertiary/aromatic N) is 3. The van der Waals surface area contributed by atoms with Gasteiger partial charge in [-0.2, -0.15) is 5.10 Å². The molecule has 3 aromatic rings. The van der Waals surface area contributed by atoms with E-state index in [2.05, 4.69) is 45.7 Å². The fourth-order valence-electron chi connectivity index (χ4n) is 2.55. The Morgan fingerprint density at radius 2 is 2.05 bits per heavy atom. The lowest BCUT2D eigenvalue weighted by atomic mass is 10.0. The van der Waals surface area contributed by atoms with Gasteiger partial charge in [-0.3, -0.25) is 4.79 Å². The van der Waals surface area contributed by atoms with Crippen LogP contribution in [0.2, 0.25) is 0 Å². The highest BCUT2D eigenvalue weighted by atomic mass is 16.2. The van der Waals surface area contributed by atoms with Crippen molar-refractivity contribution in [3.63, 3.8) is 0 Å². The van der Waals surface area contributed by atoms with Crippen LogP contribution in [0.3, 0.4) is 0 Å². The molecule has 5 nitrogen and oxygen atoms in total. The molecule has 3 rings (SSSR count). The molecule has 0 aliphatic carbocycles. The summed E-state index contributed by atoms with van der Waals surface area (Å²) >= 11 is 0. The number of hydrogen-bond donors (Lipinski definition) is 1. The number of hydrogen-bond acceptors (Lipinski definition) is 3. The Hall–Kier alpha value is -2.69. The van der Waals surface area contributed by atoms with Gasteiger partial charge in [0, 0.05) is 6.04 Å². The second-order valence-electron chi connectivity index (χ2n) is 5.45. The molecule has 0 saturated heterocycles. The Morgan fingerprint density at radius 3 is 2.82 bits per heavy atom. The van der Waals surface area contributed by atoms with Gasteiger partial charge in [0.1, 0.15) is 19.2 Å². The van der Waals surface area contributed by atoms with Gasteiger partial charge in [0.15, 0.2) is 0 Å². The van der Waals surface area contributed by atoms with E-state index in [9.17, 15) is 4.79 Å². The Morgan fingerprint density at radius 1 is 1.23 bits per heavy atom. The molecule has 1 atom stereocenters. The van der Waals surface area contributed by atoms with Crippen LogP contribution in [0.15, 0.2) is 55.1 Å². The highest BCUT2D eigenvalue weighted by Gasteiger charge is 2.09. The lowest BCUT2D eigenvalue weighted by Crippen LogP contribution is -2.36. The molecule has 5 heteroatoms. The van der Waals surface area contributed by atoms with Gasteiger partial charge in [-0.1, -0.05) is 42.5 Å². The molecule has 112 valence electrons. The van der Waals surface area contributed by atoms with Gasteiger partial charge in [-0.15, -0.1) is 0 Å². The van der Waals surface area contributed by atoms with Crippen LogP contribution in [-0.4, -0.2) is 26.7 Å². The summed E-state index contributed by atoms with van der Waals surface area (Å²) < 4.78 is 1.51. The number of carbonyl (C=O) groups is 1. The van der Waals surface area contributed by atoms with E-state index in [4.69, 9.17) is 0 Å². The summed E-state index contributed by atoms with van der Waals surface area (Å²) in [4.78, 5) is 15.7. The number of amides is 1. The van der Waals surface area contributed by atoms with Crippen LogP contribution >= 0.6 is 0 Å². The molecule has 2 aromatic carbocycles. The Kier molecular flexibility index (Phi) is 4.14. The molecule has 0 fully saturated rings. The second-order valence-corrected chi connectivity index (χ2v) is 5.45. The third-order valence-corrected chi connectivity index (χ3v) is 3.54. The third-order valence-electron chi connectivity index (χ3n) is 3.54. The van der Waals surface area contributed by atoms with E-state index in [-0.39, 0.29) is 18.5 Å². The van der Waals surface area contributed by atoms with Gasteiger partial charge in [-0.25, -0.2) is 9.67 Å². The predicted molar refractivity (Wildman–Crippen MR) is 85.3 cm³/mol. The summed E-state index contributed by atoms with van der Waals surface area (Å²) in [6, 6.07) is 14.8. The van der Waals surface area contributed by atoms with Crippen LogP contribution in [-0.2, 0) is 17.8 Å². The minimum Gasteiger partial charge on any atom is -0.352 e. The van der Waals surface area contributed by atoms with Crippen molar-refractivity contribution in [1.82, 2.24) is 20.1 Å². The van der Waals surface area contributed by atoms with E-state index in [1.807, 2.05) is 19.1 Å². The molecule has 0 unspecified atom stereocenters. The fourth-order valence-corrected chi connectivity index (χ4v) is 2.55. The van der Waals surface area contributed by atoms with Gasteiger partial charge >= 0.3 is 0 Å². The van der Waals surface area contributed by atoms with Crippen LogP contribution in [0.1, 0.15) is 12.5 Å². The Balaban J connectivity index is 1.60. The molecule has 1 heterocycles. The first-order chi connectivity index (χ1) is 10.7. The van der Waals surface area contributed by atoms with Crippen LogP contribution in [0.4, 0.5) is 0 Å². The van der Waals surface area contributed by atoms with Crippen molar-refractivity contribution in [2.45, 2.75) is 25.9 Å². The number of nitrogens with one attached hydrogen (secondary N) is 1. The molecule has 1 aromatic heterocycles. The summed E-state index contributed by atoms with van der Waals surface area (Å²) in [5, 5.41) is 9.37. The number of aromatic nitrogens is 3. The zero-order valence-electron chi connectivity index (χ0n) is 12.4. The Labute approximate surface area is 129 Å². The molecule has 0 aliphatic heterocycles. The lowest BCUT2D eigenvalue weighted by molar-refractivity contribution is -0.122. The van der Waals surface area contributed by atoms with E-state index in [1.165, 1.54) is 33.7 Å². The third kappa shape index (κ3) is 3.49. The SMILES string of the molecule is C[C@H](Cc1ccc2ccccc2c1)NC(=O)Cn1cncn1. The van der Waals surface area contributed by atoms with Crippen molar-refractivity contribution in [2.24, 2.45) is 0 Å². The van der Waals surface area contributed by atoms with E-state index in [0.717, 1.165) is 6.42 Å². The van der Waals surface area contributed by atoms with E-state index < -0.39 is 0 Å². The maximum absolute atomic E-state index is 11.9. The zero-order valence-corrected chi connectivity index (χ0v) is 12.4. The molecule has 0 radical (unpaired) electrons. The largest absolute Gasteiger partial charge is 0.352 e. The smallest absolute Gasteiger partial charge is 0.242 e. The van der Waals surface area contributed by atoms with Crippen LogP contribution in [0.5, 0.6) is 0 Å². The van der Waals surface area contributed by atoms with Gasteiger partial charge in [0.2, 0.25) is 5.91 Å². The quantitative estimate of drug-likeness (QED) is 0.784. The summed E-state index contributed by atoms with van der Waals surface area (Å²) in [7, 11) is 0. The first-order valence-corrected chi connectivity index (χ1v) is 7.30. The molecular weight excluding hydrogens is 276 g/mol. The van der Waals surface area contributed by atoms with E-state index in [1.54, 1.807) is 0 Å². The molecule has 22 heavy (non-hydrogen) atoms. The topological polar surface area (TPSA) is 59.8 Å². The van der Waals surface area contributed by atoms with Crippen LogP contribution in [0, 0.1) is 0 Å². The maximum atomic E-state index is 11.9. The summed E-state index contributed by atoms with van der Waals surface area (Å²) in [6.45, 7) is 2.20. The maximum Gasteiger partial charge on any atom is 0.242 e. The molecular formula is C17H18N4O. The van der Waals surface area contributed by atoms with E-state index >= 15 is 0 Å². The van der Waals surface area contributed by atoms with Gasteiger partial charge in [-0.05, 0) is 29.7 Å². The summed E-state index contributed by atoms with van der Waals surface area (Å²) in [5.74, 6) is -0.0567. The van der Waals surface area contributed by atoms with Crippen molar-refractivity contribution in [3.8, 4) is 0 Å². The minimum atomic E-state index is -0.0567. The second kappa shape index (κ2) is 6.39. The summed E-state index contributed by atoms with van der Waals surface area (Å²) in [6.07, 6.45) is 3.76. The first-order valence-electron chi connectivity index (χ1n) is 7.30. The van der Waals surface area contributed by atoms with Crippen LogP contribution < -0.4 is 5.32 Å². The monoisotopic (exact) mass is 294 g/mol. The minimum absolute atomic E-state index is 0.0567. The molecule has 0 bridgehead atoms. The van der Waals surface area contributed by atoms with Gasteiger partial charge < -0.3 is 5.32 Å². The number of benzene rings is 2. The van der Waals surface area contributed by atoms with Crippen molar-refractivity contribution < 1.29 is 4.79 Å². The van der Waals surface area contributed by atoms with Crippen molar-refractivity contribution in [3.05, 3.63) is 60.7 Å². The average Bonchev–Trinajstić information content (AvgIpc) is 2.99. The molecule has 1 N–H and O–H groups in total. The highest BCUT2D eigenvalue weighted by Crippen LogP contribution is 2.16. The first kappa shape index (κ1) is 14.3. The highest BCUT2D eigenvalue weighted by molar-refractivity contribution is 5.83. The molecule has 0 aliphatic rings. The predicted octanol–water partition coefficient (Wildman–Crippen LogP) is 2.18. The average molecular weight is 294 g/mol. The van der Waals surface area contributed by atoms with Gasteiger partial charge in [0.05, 0.1) is 0 Å². The number of rotatable bonds is 5. The number of fused-ring (bicyclic) bond motifs is 1. The van der Waals surface area contributed by atoms with Gasteiger partial charge in [0.25, 0.3) is 0 Å². The lowest BCUT2D eigenvalue weighted by Gasteiger charge is -2.14. The fraction of sp³-hybridized carbons (Fsp3) is 0.235. The standard InChI is InChI=1S/C17H18N4O/c1-13(20-17(22)10-21-12-18-11-19-21)8-14-6-7-15-4-2-3-5-16(15)9-14/h2-7,9,11-13H,8,10H2,1H3,(H,20,22)/t13-/m1/s1. The number of carbonyl (C=O) groups excluding carboxylic acids is 1. The molecule has 0 spiro atoms. The zero-order chi connectivity index (χ0) is 15.4. The van der Waals surface area contributed by atoms with Crippen molar-refractivity contribution >= 4 is 16.7 Å². The van der Waals surface area contributed by atoms with E-state index in [0.29, 0.717) is 0 Å². The summed E-state index contributed by atoms with van der Waals surface area (Å²) in [5.41, 5.74) is 1.22. The van der Waals surface area contributed by atoms with Crippen molar-refractivity contribution in [1.29, 1.82) is 0 Å². The normalized spacial score (nSPS) is 12.2. The van der Waals surface area contributed by atoms with Crippen LogP contribution in [0.25, 0.3) is 10.8 Å². The Bertz CT molecular complexity index is 767. The molecule has 1 amide bonds. The van der Waals surface area contributed by atoms with Crippen molar-refractivity contribution in [2.75, 3.05) is 0 Å². The molecule has 0 saturated carbocycles.